The summed E-state index contributed by atoms with van der Waals surface area (Å²) in [4.78, 5) is 18.2. The molecule has 2 aliphatic rings. The number of ether oxygens (including phenoxy) is 4. The number of carboxylic acid groups (broad SMARTS) is 1. The summed E-state index contributed by atoms with van der Waals surface area (Å²) >= 11 is 6.73. The van der Waals surface area contributed by atoms with Crippen LogP contribution in [0.1, 0.15) is 60.4 Å². The number of piperidine rings is 1. The lowest BCUT2D eigenvalue weighted by molar-refractivity contribution is -0.139. The average molecular weight is 728 g/mol. The van der Waals surface area contributed by atoms with E-state index >= 15 is 0 Å². The maximum absolute atomic E-state index is 11.4. The van der Waals surface area contributed by atoms with Crippen LogP contribution in [0, 0.1) is 19.3 Å². The lowest BCUT2D eigenvalue weighted by atomic mass is 9.78. The largest absolute Gasteiger partial charge is 0.493 e. The van der Waals surface area contributed by atoms with Gasteiger partial charge in [0.15, 0.2) is 0 Å². The van der Waals surface area contributed by atoms with Gasteiger partial charge in [-0.05, 0) is 111 Å². The molecule has 3 heterocycles. The van der Waals surface area contributed by atoms with Crippen molar-refractivity contribution in [2.45, 2.75) is 72.3 Å². The van der Waals surface area contributed by atoms with Gasteiger partial charge in [0.05, 0.1) is 18.2 Å². The molecule has 10 heteroatoms. The van der Waals surface area contributed by atoms with Gasteiger partial charge in [0.2, 0.25) is 0 Å². The van der Waals surface area contributed by atoms with Gasteiger partial charge in [-0.15, -0.1) is 0 Å². The van der Waals surface area contributed by atoms with Crippen LogP contribution in [0.15, 0.2) is 73.1 Å². The van der Waals surface area contributed by atoms with Crippen LogP contribution >= 0.6 is 11.6 Å². The van der Waals surface area contributed by atoms with Crippen molar-refractivity contribution in [1.29, 1.82) is 0 Å². The highest BCUT2D eigenvalue weighted by molar-refractivity contribution is 6.32. The molecule has 2 fully saturated rings. The molecule has 2 saturated heterocycles. The number of nitrogens with zero attached hydrogens (tertiary/aromatic N) is 2. The highest BCUT2D eigenvalue weighted by Crippen LogP contribution is 2.39. The zero-order valence-corrected chi connectivity index (χ0v) is 31.2. The Balaban J connectivity index is 1.10. The fraction of sp³-hybridized carbons (Fsp3) is 0.429. The smallest absolute Gasteiger partial charge is 0.320 e. The van der Waals surface area contributed by atoms with Crippen LogP contribution in [0.25, 0.3) is 11.1 Å². The van der Waals surface area contributed by atoms with E-state index in [0.717, 1.165) is 84.0 Å². The number of pyridine rings is 1. The van der Waals surface area contributed by atoms with Gasteiger partial charge >= 0.3 is 5.97 Å². The Kier molecular flexibility index (Phi) is 12.7. The molecular weight excluding hydrogens is 678 g/mol. The predicted octanol–water partition coefficient (Wildman–Crippen LogP) is 8.01. The maximum atomic E-state index is 11.4. The molecule has 1 aromatic heterocycles. The number of carboxylic acids is 1. The lowest BCUT2D eigenvalue weighted by Crippen LogP contribution is -2.41. The van der Waals surface area contributed by atoms with E-state index in [1.807, 2.05) is 12.1 Å². The minimum atomic E-state index is -0.937. The Labute approximate surface area is 312 Å². The SMILES string of the molecule is Cc1c(COc2cc(OCc3cccnc3)c(CN[C@H](C)C(=O)O)cc2Cl)cccc1-c1cccc(OCCCN2CCC3(CCOC3)CC2)c1C. The molecule has 3 aromatic carbocycles. The molecule has 0 radical (unpaired) electrons. The Morgan fingerprint density at radius 2 is 1.71 bits per heavy atom. The van der Waals surface area contributed by atoms with Gasteiger partial charge in [-0.25, -0.2) is 0 Å². The number of hydrogen-bond donors (Lipinski definition) is 2. The van der Waals surface area contributed by atoms with Crippen LogP contribution in [-0.4, -0.2) is 66.5 Å². The van der Waals surface area contributed by atoms with Crippen molar-refractivity contribution in [3.8, 4) is 28.4 Å². The highest BCUT2D eigenvalue weighted by Gasteiger charge is 2.37. The fourth-order valence-electron chi connectivity index (χ4n) is 7.07. The number of carbonyl (C=O) groups is 1. The normalized spacial score (nSPS) is 16.2. The molecule has 4 aromatic rings. The van der Waals surface area contributed by atoms with E-state index in [1.165, 1.54) is 19.3 Å². The van der Waals surface area contributed by atoms with Crippen LogP contribution < -0.4 is 19.5 Å². The Bertz CT molecular complexity index is 1800. The minimum Gasteiger partial charge on any atom is -0.493 e. The van der Waals surface area contributed by atoms with E-state index in [4.69, 9.17) is 30.5 Å². The lowest BCUT2D eigenvalue weighted by Gasteiger charge is -2.38. The highest BCUT2D eigenvalue weighted by atomic mass is 35.5. The first-order chi connectivity index (χ1) is 25.2. The summed E-state index contributed by atoms with van der Waals surface area (Å²) in [6.45, 7) is 12.6. The number of hydrogen-bond acceptors (Lipinski definition) is 8. The predicted molar refractivity (Wildman–Crippen MR) is 203 cm³/mol. The van der Waals surface area contributed by atoms with Gasteiger partial charge in [0, 0.05) is 49.3 Å². The van der Waals surface area contributed by atoms with Crippen molar-refractivity contribution in [1.82, 2.24) is 15.2 Å². The van der Waals surface area contributed by atoms with E-state index in [-0.39, 0.29) is 13.2 Å². The third-order valence-electron chi connectivity index (χ3n) is 10.6. The van der Waals surface area contributed by atoms with Crippen molar-refractivity contribution in [3.05, 3.63) is 106 Å². The average Bonchev–Trinajstić information content (AvgIpc) is 3.61. The first kappa shape index (κ1) is 37.6. The van der Waals surface area contributed by atoms with E-state index in [1.54, 1.807) is 31.5 Å². The summed E-state index contributed by atoms with van der Waals surface area (Å²) in [7, 11) is 0. The van der Waals surface area contributed by atoms with Crippen molar-refractivity contribution in [2.24, 2.45) is 5.41 Å². The zero-order valence-electron chi connectivity index (χ0n) is 30.5. The summed E-state index contributed by atoms with van der Waals surface area (Å²) in [6.07, 6.45) is 8.16. The molecule has 0 amide bonds. The first-order valence-corrected chi connectivity index (χ1v) is 18.6. The summed E-state index contributed by atoms with van der Waals surface area (Å²) in [5.41, 5.74) is 7.59. The molecule has 6 rings (SSSR count). The number of halogens is 1. The van der Waals surface area contributed by atoms with E-state index in [0.29, 0.717) is 35.2 Å². The molecule has 0 aliphatic carbocycles. The molecule has 52 heavy (non-hydrogen) atoms. The van der Waals surface area contributed by atoms with E-state index in [2.05, 4.69) is 65.4 Å². The first-order valence-electron chi connectivity index (χ1n) is 18.3. The quantitative estimate of drug-likeness (QED) is 0.111. The van der Waals surface area contributed by atoms with Crippen LogP contribution in [0.3, 0.4) is 0 Å². The van der Waals surface area contributed by atoms with Crippen LogP contribution in [0.2, 0.25) is 5.02 Å². The van der Waals surface area contributed by atoms with Crippen LogP contribution in [0.5, 0.6) is 17.2 Å². The molecule has 9 nitrogen and oxygen atoms in total. The minimum absolute atomic E-state index is 0.258. The van der Waals surface area contributed by atoms with Crippen molar-refractivity contribution < 1.29 is 28.8 Å². The molecule has 0 bridgehead atoms. The zero-order chi connectivity index (χ0) is 36.5. The fourth-order valence-corrected chi connectivity index (χ4v) is 7.31. The van der Waals surface area contributed by atoms with E-state index < -0.39 is 12.0 Å². The third kappa shape index (κ3) is 9.44. The number of likely N-dealkylation sites (tertiary alicyclic amines) is 1. The molecule has 276 valence electrons. The molecule has 2 N–H and O–H groups in total. The van der Waals surface area contributed by atoms with Gasteiger partial charge in [-0.2, -0.15) is 0 Å². The summed E-state index contributed by atoms with van der Waals surface area (Å²) in [5, 5.41) is 12.8. The number of aliphatic carboxylic acids is 1. The Morgan fingerprint density at radius 1 is 0.942 bits per heavy atom. The Hall–Kier alpha value is -4.15. The molecule has 0 unspecified atom stereocenters. The van der Waals surface area contributed by atoms with Crippen molar-refractivity contribution in [2.75, 3.05) is 39.5 Å². The van der Waals surface area contributed by atoms with Crippen molar-refractivity contribution >= 4 is 17.6 Å². The summed E-state index contributed by atoms with van der Waals surface area (Å²) in [5.74, 6) is 1.00. The second-order valence-corrected chi connectivity index (χ2v) is 14.5. The molecule has 0 saturated carbocycles. The van der Waals surface area contributed by atoms with Crippen LogP contribution in [0.4, 0.5) is 0 Å². The van der Waals surface area contributed by atoms with Crippen LogP contribution in [-0.2, 0) is 29.3 Å². The number of aromatic nitrogens is 1. The van der Waals surface area contributed by atoms with Gasteiger partial charge in [-0.3, -0.25) is 9.78 Å². The second kappa shape index (κ2) is 17.6. The summed E-state index contributed by atoms with van der Waals surface area (Å²) < 4.78 is 24.6. The number of nitrogens with one attached hydrogen (secondary N) is 1. The van der Waals surface area contributed by atoms with E-state index in [9.17, 15) is 9.90 Å². The monoisotopic (exact) mass is 727 g/mol. The standard InChI is InChI=1S/C42H50ClN3O6/c1-29-33(27-52-40-23-39(51-26-32-8-6-16-44-24-32)34(22-37(40)43)25-45-31(3)41(47)48)9-4-10-35(29)36-11-5-12-38(30(36)2)50-20-7-17-46-18-13-42(14-19-46)15-21-49-28-42/h4-6,8-12,16,22-24,31,45H,7,13-15,17-21,25-28H2,1-3H3,(H,47,48)/t31-/m1/s1. The molecule has 2 aliphatic heterocycles. The van der Waals surface area contributed by atoms with Gasteiger partial charge in [0.1, 0.15) is 36.5 Å². The second-order valence-electron chi connectivity index (χ2n) is 14.1. The van der Waals surface area contributed by atoms with Gasteiger partial charge in [-0.1, -0.05) is 48.0 Å². The molecular formula is C42H50ClN3O6. The molecule has 1 atom stereocenters. The van der Waals surface area contributed by atoms with Crippen molar-refractivity contribution in [3.63, 3.8) is 0 Å². The molecule has 1 spiro atoms. The number of benzene rings is 3. The number of rotatable bonds is 16. The Morgan fingerprint density at radius 3 is 2.44 bits per heavy atom. The van der Waals surface area contributed by atoms with Gasteiger partial charge < -0.3 is 34.3 Å². The third-order valence-corrected chi connectivity index (χ3v) is 10.9. The topological polar surface area (TPSA) is 102 Å². The maximum Gasteiger partial charge on any atom is 0.320 e. The van der Waals surface area contributed by atoms with Gasteiger partial charge in [0.25, 0.3) is 0 Å². The summed E-state index contributed by atoms with van der Waals surface area (Å²) in [6, 6.07) is 19.1.